The van der Waals surface area contributed by atoms with Gasteiger partial charge >= 0.3 is 0 Å². The van der Waals surface area contributed by atoms with Crippen LogP contribution < -0.4 is 10.6 Å². The molecule has 1 aliphatic heterocycles. The quantitative estimate of drug-likeness (QED) is 0.614. The van der Waals surface area contributed by atoms with Gasteiger partial charge in [0, 0.05) is 13.0 Å². The van der Waals surface area contributed by atoms with Crippen molar-refractivity contribution in [1.29, 1.82) is 0 Å². The molecule has 0 saturated heterocycles. The van der Waals surface area contributed by atoms with Gasteiger partial charge in [-0.05, 0) is 36.8 Å². The van der Waals surface area contributed by atoms with Gasteiger partial charge in [0.1, 0.15) is 0 Å². The molecule has 1 aliphatic rings. The van der Waals surface area contributed by atoms with E-state index in [2.05, 4.69) is 10.6 Å². The summed E-state index contributed by atoms with van der Waals surface area (Å²) in [5.74, 6) is -1.10. The number of carbonyl (C=O) groups is 3. The first-order valence-corrected chi connectivity index (χ1v) is 8.98. The molecule has 2 aromatic carbocycles. The van der Waals surface area contributed by atoms with Crippen LogP contribution in [0.5, 0.6) is 0 Å². The van der Waals surface area contributed by atoms with E-state index in [-0.39, 0.29) is 41.8 Å². The molecule has 0 fully saturated rings. The second-order valence-corrected chi connectivity index (χ2v) is 6.62. The van der Waals surface area contributed by atoms with Gasteiger partial charge < -0.3 is 10.6 Å². The lowest BCUT2D eigenvalue weighted by molar-refractivity contribution is -0.119. The van der Waals surface area contributed by atoms with Crippen molar-refractivity contribution in [2.45, 2.75) is 19.4 Å². The highest BCUT2D eigenvalue weighted by atomic mass is 32.1. The van der Waals surface area contributed by atoms with Gasteiger partial charge in [0.2, 0.25) is 5.91 Å². The predicted octanol–water partition coefficient (Wildman–Crippen LogP) is 2.42. The number of nitrogens with one attached hydrogen (secondary N) is 2. The molecule has 0 radical (unpaired) electrons. The molecule has 138 valence electrons. The van der Waals surface area contributed by atoms with E-state index in [0.717, 1.165) is 10.5 Å². The summed E-state index contributed by atoms with van der Waals surface area (Å²) in [6, 6.07) is 16.3. The molecule has 7 heteroatoms. The Labute approximate surface area is 162 Å². The third-order valence-corrected chi connectivity index (χ3v) is 4.56. The summed E-state index contributed by atoms with van der Waals surface area (Å²) >= 11 is 5.17. The molecule has 0 saturated carbocycles. The van der Waals surface area contributed by atoms with E-state index in [4.69, 9.17) is 12.2 Å². The highest BCUT2D eigenvalue weighted by Gasteiger charge is 2.34. The number of nitrogens with zero attached hydrogens (tertiary/aromatic N) is 1. The molecule has 3 amide bonds. The zero-order chi connectivity index (χ0) is 19.4. The maximum Gasteiger partial charge on any atom is 0.261 e. The number of amides is 3. The molecule has 2 N–H and O–H groups in total. The molecule has 0 aliphatic carbocycles. The number of carbonyl (C=O) groups excluding carboxylic acids is 3. The lowest BCUT2D eigenvalue weighted by Crippen LogP contribution is -2.42. The third kappa shape index (κ3) is 4.20. The molecular weight excluding hydrogens is 362 g/mol. The van der Waals surface area contributed by atoms with E-state index < -0.39 is 0 Å². The Bertz CT molecular complexity index is 863. The van der Waals surface area contributed by atoms with Gasteiger partial charge in [-0.1, -0.05) is 42.5 Å². The van der Waals surface area contributed by atoms with Crippen molar-refractivity contribution in [2.75, 3.05) is 6.54 Å². The Kier molecular flexibility index (Phi) is 5.61. The van der Waals surface area contributed by atoms with Gasteiger partial charge in [-0.2, -0.15) is 0 Å². The second kappa shape index (κ2) is 8.09. The molecule has 1 heterocycles. The van der Waals surface area contributed by atoms with Crippen LogP contribution in [-0.4, -0.2) is 34.3 Å². The van der Waals surface area contributed by atoms with Gasteiger partial charge in [-0.25, -0.2) is 0 Å². The lowest BCUT2D eigenvalue weighted by Gasteiger charge is -2.17. The van der Waals surface area contributed by atoms with Crippen LogP contribution >= 0.6 is 12.2 Å². The molecule has 0 bridgehead atoms. The minimum atomic E-state index is -0.373. The monoisotopic (exact) mass is 381 g/mol. The molecule has 3 rings (SSSR count). The maximum atomic E-state index is 12.3. The number of imide groups is 1. The van der Waals surface area contributed by atoms with Crippen molar-refractivity contribution in [1.82, 2.24) is 15.5 Å². The Morgan fingerprint density at radius 2 is 1.56 bits per heavy atom. The smallest absolute Gasteiger partial charge is 0.261 e. The molecule has 2 aromatic rings. The number of thiocarbonyl (C=S) groups is 1. The zero-order valence-corrected chi connectivity index (χ0v) is 15.6. The van der Waals surface area contributed by atoms with Crippen molar-refractivity contribution in [3.63, 3.8) is 0 Å². The number of fused-ring (bicyclic) bond motifs is 1. The number of rotatable bonds is 5. The Morgan fingerprint density at radius 1 is 1.00 bits per heavy atom. The molecular formula is C20H19N3O3S. The Hall–Kier alpha value is -3.06. The van der Waals surface area contributed by atoms with Crippen molar-refractivity contribution in [2.24, 2.45) is 0 Å². The Balaban J connectivity index is 1.50. The molecule has 0 spiro atoms. The summed E-state index contributed by atoms with van der Waals surface area (Å²) in [4.78, 5) is 37.8. The van der Waals surface area contributed by atoms with E-state index in [9.17, 15) is 14.4 Å². The summed E-state index contributed by atoms with van der Waals surface area (Å²) < 4.78 is 0. The molecule has 1 atom stereocenters. The number of benzene rings is 2. The SMILES string of the molecule is CC(NC(=S)NC(=O)CCN1C(=O)c2ccccc2C1=O)c1ccccc1. The first kappa shape index (κ1) is 18.7. The van der Waals surface area contributed by atoms with E-state index in [1.807, 2.05) is 37.3 Å². The van der Waals surface area contributed by atoms with Gasteiger partial charge in [-0.15, -0.1) is 0 Å². The molecule has 0 aromatic heterocycles. The largest absolute Gasteiger partial charge is 0.356 e. The first-order chi connectivity index (χ1) is 13.0. The first-order valence-electron chi connectivity index (χ1n) is 8.58. The standard InChI is InChI=1S/C20H19N3O3S/c1-13(14-7-3-2-4-8-14)21-20(27)22-17(24)11-12-23-18(25)15-9-5-6-10-16(15)19(23)26/h2-10,13H,11-12H2,1H3,(H2,21,22,24,27). The average Bonchev–Trinajstić information content (AvgIpc) is 2.91. The molecule has 1 unspecified atom stereocenters. The van der Waals surface area contributed by atoms with Crippen LogP contribution in [0.15, 0.2) is 54.6 Å². The fraction of sp³-hybridized carbons (Fsp3) is 0.200. The van der Waals surface area contributed by atoms with Gasteiger partial charge in [-0.3, -0.25) is 19.3 Å². The molecule has 27 heavy (non-hydrogen) atoms. The zero-order valence-electron chi connectivity index (χ0n) is 14.8. The summed E-state index contributed by atoms with van der Waals surface area (Å²) in [5.41, 5.74) is 1.79. The Morgan fingerprint density at radius 3 is 2.15 bits per heavy atom. The normalized spacial score (nSPS) is 13.9. The molecule has 6 nitrogen and oxygen atoms in total. The average molecular weight is 381 g/mol. The predicted molar refractivity (Wildman–Crippen MR) is 105 cm³/mol. The second-order valence-electron chi connectivity index (χ2n) is 6.21. The highest BCUT2D eigenvalue weighted by molar-refractivity contribution is 7.80. The summed E-state index contributed by atoms with van der Waals surface area (Å²) in [6.07, 6.45) is -0.0208. The maximum absolute atomic E-state index is 12.3. The van der Waals surface area contributed by atoms with Gasteiger partial charge in [0.25, 0.3) is 11.8 Å². The van der Waals surface area contributed by atoms with E-state index in [0.29, 0.717) is 11.1 Å². The van der Waals surface area contributed by atoms with Crippen molar-refractivity contribution >= 4 is 35.1 Å². The van der Waals surface area contributed by atoms with Crippen molar-refractivity contribution in [3.8, 4) is 0 Å². The van der Waals surface area contributed by atoms with E-state index in [1.54, 1.807) is 24.3 Å². The summed E-state index contributed by atoms with van der Waals surface area (Å²) in [5, 5.41) is 5.83. The summed E-state index contributed by atoms with van der Waals surface area (Å²) in [7, 11) is 0. The highest BCUT2D eigenvalue weighted by Crippen LogP contribution is 2.22. The van der Waals surface area contributed by atoms with E-state index in [1.165, 1.54) is 0 Å². The van der Waals surface area contributed by atoms with Crippen LogP contribution in [0.2, 0.25) is 0 Å². The minimum Gasteiger partial charge on any atom is -0.356 e. The van der Waals surface area contributed by atoms with Crippen LogP contribution in [-0.2, 0) is 4.79 Å². The van der Waals surface area contributed by atoms with Crippen molar-refractivity contribution < 1.29 is 14.4 Å². The fourth-order valence-electron chi connectivity index (χ4n) is 2.90. The minimum absolute atomic E-state index is 0.00896. The van der Waals surface area contributed by atoms with Crippen LogP contribution in [0.25, 0.3) is 0 Å². The summed E-state index contributed by atoms with van der Waals surface area (Å²) in [6.45, 7) is 1.95. The van der Waals surface area contributed by atoms with Crippen LogP contribution in [0.1, 0.15) is 45.7 Å². The number of hydrogen-bond acceptors (Lipinski definition) is 4. The van der Waals surface area contributed by atoms with Crippen LogP contribution in [0.4, 0.5) is 0 Å². The van der Waals surface area contributed by atoms with E-state index >= 15 is 0 Å². The van der Waals surface area contributed by atoms with Crippen LogP contribution in [0, 0.1) is 0 Å². The number of hydrogen-bond donors (Lipinski definition) is 2. The van der Waals surface area contributed by atoms with Crippen LogP contribution in [0.3, 0.4) is 0 Å². The van der Waals surface area contributed by atoms with Crippen molar-refractivity contribution in [3.05, 3.63) is 71.3 Å². The topological polar surface area (TPSA) is 78.5 Å². The lowest BCUT2D eigenvalue weighted by atomic mass is 10.1. The fourth-order valence-corrected chi connectivity index (χ4v) is 3.19. The van der Waals surface area contributed by atoms with Gasteiger partial charge in [0.05, 0.1) is 17.2 Å². The third-order valence-electron chi connectivity index (χ3n) is 4.34. The van der Waals surface area contributed by atoms with Gasteiger partial charge in [0.15, 0.2) is 5.11 Å².